The second kappa shape index (κ2) is 4.15. The van der Waals surface area contributed by atoms with Crippen LogP contribution in [-0.4, -0.2) is 37.0 Å². The second-order valence-electron chi connectivity index (χ2n) is 2.00. The maximum absolute atomic E-state index is 11.8. The number of aliphatic hydroxyl groups is 1. The average Bonchev–Trinajstić information content (AvgIpc) is 1.97. The lowest BCUT2D eigenvalue weighted by atomic mass is 10.3. The molecule has 0 radical (unpaired) electrons. The van der Waals surface area contributed by atoms with Crippen molar-refractivity contribution in [2.24, 2.45) is 0 Å². The minimum absolute atomic E-state index is 0.980. The molecule has 12 heavy (non-hydrogen) atoms. The van der Waals surface area contributed by atoms with Crippen LogP contribution in [0.4, 0.5) is 18.0 Å². The highest BCUT2D eigenvalue weighted by Gasteiger charge is 2.40. The summed E-state index contributed by atoms with van der Waals surface area (Å²) < 4.78 is 35.4. The highest BCUT2D eigenvalue weighted by Crippen LogP contribution is 2.19. The van der Waals surface area contributed by atoms with Gasteiger partial charge in [-0.15, -0.1) is 0 Å². The molecule has 3 N–H and O–H groups in total. The molecular weight excluding hydrogens is 177 g/mol. The first-order valence-corrected chi connectivity index (χ1v) is 3.07. The molecule has 0 aromatic heterocycles. The van der Waals surface area contributed by atoms with Gasteiger partial charge in [-0.2, -0.15) is 13.2 Å². The first-order valence-electron chi connectivity index (χ1n) is 3.07. The molecule has 0 aromatic rings. The molecule has 0 aromatic carbocycles. The Morgan fingerprint density at radius 2 is 2.08 bits per heavy atom. The van der Waals surface area contributed by atoms with Crippen molar-refractivity contribution in [2.75, 3.05) is 13.7 Å². The van der Waals surface area contributed by atoms with Crippen molar-refractivity contribution in [1.29, 1.82) is 0 Å². The SMILES string of the molecule is CNC(=O)NC(CO)C(F)(F)F. The van der Waals surface area contributed by atoms with E-state index in [4.69, 9.17) is 5.11 Å². The van der Waals surface area contributed by atoms with E-state index < -0.39 is 24.9 Å². The van der Waals surface area contributed by atoms with Gasteiger partial charge < -0.3 is 15.7 Å². The second-order valence-corrected chi connectivity index (χ2v) is 2.00. The van der Waals surface area contributed by atoms with E-state index >= 15 is 0 Å². The summed E-state index contributed by atoms with van der Waals surface area (Å²) in [4.78, 5) is 10.4. The minimum atomic E-state index is -4.62. The van der Waals surface area contributed by atoms with E-state index in [9.17, 15) is 18.0 Å². The fourth-order valence-electron chi connectivity index (χ4n) is 0.461. The van der Waals surface area contributed by atoms with E-state index in [2.05, 4.69) is 0 Å². The molecule has 0 spiro atoms. The maximum Gasteiger partial charge on any atom is 0.410 e. The molecule has 0 rings (SSSR count). The predicted octanol–water partition coefficient (Wildman–Crippen LogP) is -0.161. The lowest BCUT2D eigenvalue weighted by molar-refractivity contribution is -0.160. The molecule has 0 heterocycles. The number of nitrogens with one attached hydrogen (secondary N) is 2. The molecule has 0 aliphatic heterocycles. The Balaban J connectivity index is 4.09. The molecule has 0 bridgehead atoms. The van der Waals surface area contributed by atoms with Gasteiger partial charge in [0.15, 0.2) is 0 Å². The topological polar surface area (TPSA) is 61.4 Å². The summed E-state index contributed by atoms with van der Waals surface area (Å²) in [5.41, 5.74) is 0. The molecule has 0 fully saturated rings. The maximum atomic E-state index is 11.8. The van der Waals surface area contributed by atoms with Crippen LogP contribution in [0.2, 0.25) is 0 Å². The van der Waals surface area contributed by atoms with Crippen molar-refractivity contribution in [3.8, 4) is 0 Å². The molecule has 0 aliphatic rings. The first kappa shape index (κ1) is 11.0. The Hall–Kier alpha value is -0.980. The highest BCUT2D eigenvalue weighted by atomic mass is 19.4. The van der Waals surface area contributed by atoms with Gasteiger partial charge in [-0.1, -0.05) is 0 Å². The number of carbonyl (C=O) groups is 1. The van der Waals surface area contributed by atoms with Crippen LogP contribution in [0.1, 0.15) is 0 Å². The van der Waals surface area contributed by atoms with Crippen LogP contribution in [0.15, 0.2) is 0 Å². The zero-order valence-electron chi connectivity index (χ0n) is 6.27. The van der Waals surface area contributed by atoms with Gasteiger partial charge in [0.1, 0.15) is 6.04 Å². The summed E-state index contributed by atoms with van der Waals surface area (Å²) in [5, 5.41) is 11.7. The highest BCUT2D eigenvalue weighted by molar-refractivity contribution is 5.73. The fraction of sp³-hybridized carbons (Fsp3) is 0.800. The molecule has 0 saturated carbocycles. The van der Waals surface area contributed by atoms with Gasteiger partial charge in [0.2, 0.25) is 0 Å². The van der Waals surface area contributed by atoms with Crippen LogP contribution in [0.25, 0.3) is 0 Å². The van der Waals surface area contributed by atoms with E-state index in [0.29, 0.717) is 0 Å². The molecule has 0 aliphatic carbocycles. The number of halogens is 3. The number of aliphatic hydroxyl groups excluding tert-OH is 1. The number of rotatable bonds is 2. The van der Waals surface area contributed by atoms with Crippen LogP contribution in [0, 0.1) is 0 Å². The van der Waals surface area contributed by atoms with Crippen molar-refractivity contribution < 1.29 is 23.1 Å². The molecule has 1 atom stereocenters. The Morgan fingerprint density at radius 1 is 1.58 bits per heavy atom. The number of amides is 2. The number of carbonyl (C=O) groups excluding carboxylic acids is 1. The largest absolute Gasteiger partial charge is 0.410 e. The van der Waals surface area contributed by atoms with Gasteiger partial charge in [0.05, 0.1) is 6.61 Å². The number of urea groups is 1. The summed E-state index contributed by atoms with van der Waals surface area (Å²) in [7, 11) is 1.18. The molecular formula is C5H9F3N2O2. The zero-order valence-corrected chi connectivity index (χ0v) is 6.27. The van der Waals surface area contributed by atoms with Crippen LogP contribution in [-0.2, 0) is 0 Å². The third-order valence-corrected chi connectivity index (χ3v) is 1.11. The Bertz CT molecular complexity index is 159. The van der Waals surface area contributed by atoms with Gasteiger partial charge in [-0.3, -0.25) is 0 Å². The summed E-state index contributed by atoms with van der Waals surface area (Å²) in [6, 6.07) is -3.19. The quantitative estimate of drug-likeness (QED) is 0.561. The zero-order chi connectivity index (χ0) is 9.78. The van der Waals surface area contributed by atoms with Gasteiger partial charge in [-0.25, -0.2) is 4.79 Å². The first-order chi connectivity index (χ1) is 5.41. The van der Waals surface area contributed by atoms with E-state index in [1.54, 1.807) is 0 Å². The summed E-state index contributed by atoms with van der Waals surface area (Å²) in [6.45, 7) is -1.17. The van der Waals surface area contributed by atoms with Gasteiger partial charge in [0, 0.05) is 7.05 Å². The molecule has 2 amide bonds. The predicted molar refractivity (Wildman–Crippen MR) is 34.5 cm³/mol. The summed E-state index contributed by atoms with van der Waals surface area (Å²) in [6.07, 6.45) is -4.62. The lowest BCUT2D eigenvalue weighted by Gasteiger charge is -2.18. The molecule has 72 valence electrons. The van der Waals surface area contributed by atoms with Crippen molar-refractivity contribution in [2.45, 2.75) is 12.2 Å². The van der Waals surface area contributed by atoms with Crippen LogP contribution < -0.4 is 10.6 Å². The monoisotopic (exact) mass is 186 g/mol. The normalized spacial score (nSPS) is 13.8. The Morgan fingerprint density at radius 3 is 2.33 bits per heavy atom. The lowest BCUT2D eigenvalue weighted by Crippen LogP contribution is -2.50. The summed E-state index contributed by atoms with van der Waals surface area (Å²) >= 11 is 0. The fourth-order valence-corrected chi connectivity index (χ4v) is 0.461. The molecule has 7 heteroatoms. The van der Waals surface area contributed by atoms with Crippen LogP contribution >= 0.6 is 0 Å². The van der Waals surface area contributed by atoms with Crippen molar-refractivity contribution in [3.05, 3.63) is 0 Å². The Kier molecular flexibility index (Phi) is 3.81. The molecule has 0 saturated heterocycles. The average molecular weight is 186 g/mol. The van der Waals surface area contributed by atoms with Crippen molar-refractivity contribution >= 4 is 6.03 Å². The third-order valence-electron chi connectivity index (χ3n) is 1.11. The summed E-state index contributed by atoms with van der Waals surface area (Å²) in [5.74, 6) is 0. The van der Waals surface area contributed by atoms with E-state index in [-0.39, 0.29) is 0 Å². The van der Waals surface area contributed by atoms with Gasteiger partial charge in [0.25, 0.3) is 0 Å². The van der Waals surface area contributed by atoms with E-state index in [0.717, 1.165) is 0 Å². The van der Waals surface area contributed by atoms with Crippen LogP contribution in [0.3, 0.4) is 0 Å². The Labute approximate surface area is 66.8 Å². The van der Waals surface area contributed by atoms with Crippen molar-refractivity contribution in [1.82, 2.24) is 10.6 Å². The van der Waals surface area contributed by atoms with E-state index in [1.165, 1.54) is 12.4 Å². The number of alkyl halides is 3. The van der Waals surface area contributed by atoms with Crippen LogP contribution in [0.5, 0.6) is 0 Å². The van der Waals surface area contributed by atoms with Gasteiger partial charge >= 0.3 is 12.2 Å². The standard InChI is InChI=1S/C5H9F3N2O2/c1-9-4(12)10-3(2-11)5(6,7)8/h3,11H,2H2,1H3,(H2,9,10,12). The smallest absolute Gasteiger partial charge is 0.394 e. The third kappa shape index (κ3) is 3.42. The number of hydrogen-bond acceptors (Lipinski definition) is 2. The molecule has 1 unspecified atom stereocenters. The van der Waals surface area contributed by atoms with E-state index in [1.807, 2.05) is 5.32 Å². The molecule has 4 nitrogen and oxygen atoms in total. The minimum Gasteiger partial charge on any atom is -0.394 e. The van der Waals surface area contributed by atoms with Gasteiger partial charge in [-0.05, 0) is 0 Å². The number of hydrogen-bond donors (Lipinski definition) is 3. The van der Waals surface area contributed by atoms with Crippen molar-refractivity contribution in [3.63, 3.8) is 0 Å².